The molecule has 0 radical (unpaired) electrons. The van der Waals surface area contributed by atoms with Gasteiger partial charge in [-0.1, -0.05) is 12.0 Å². The van der Waals surface area contributed by atoms with Crippen LogP contribution in [0.25, 0.3) is 11.0 Å². The SMILES string of the molecule is CCc1cc2cc(CN(Cc3cc(C(F)(F)F)cc(C(F)(F)F)c3)c3nnn(C)n3)c(N(C)CC)nc2n1CC. The molecule has 0 amide bonds. The zero-order valence-electron chi connectivity index (χ0n) is 22.8. The van der Waals surface area contributed by atoms with Crippen molar-refractivity contribution in [2.45, 2.75) is 59.2 Å². The summed E-state index contributed by atoms with van der Waals surface area (Å²) in [6.07, 6.45) is -9.12. The number of halogens is 6. The Balaban J connectivity index is 1.84. The zero-order valence-corrected chi connectivity index (χ0v) is 22.8. The van der Waals surface area contributed by atoms with Crippen molar-refractivity contribution >= 4 is 22.8 Å². The number of aromatic nitrogens is 6. The molecule has 0 bridgehead atoms. The average molecular weight is 569 g/mol. The number of nitrogens with zero attached hydrogens (tertiary/aromatic N) is 8. The number of aryl methyl sites for hydroxylation is 3. The number of pyridine rings is 1. The van der Waals surface area contributed by atoms with Crippen LogP contribution in [0, 0.1) is 0 Å². The number of fused-ring (bicyclic) bond motifs is 1. The van der Waals surface area contributed by atoms with Gasteiger partial charge in [0.25, 0.3) is 5.95 Å². The fourth-order valence-electron chi connectivity index (χ4n) is 4.65. The van der Waals surface area contributed by atoms with Gasteiger partial charge in [0, 0.05) is 49.9 Å². The molecule has 4 rings (SSSR count). The van der Waals surface area contributed by atoms with Gasteiger partial charge in [0.2, 0.25) is 0 Å². The first kappa shape index (κ1) is 29.2. The summed E-state index contributed by atoms with van der Waals surface area (Å²) in [6, 6.07) is 5.54. The van der Waals surface area contributed by atoms with E-state index in [2.05, 4.69) is 20.0 Å². The van der Waals surface area contributed by atoms with Gasteiger partial charge in [-0.15, -0.1) is 5.10 Å². The number of anilines is 2. The maximum atomic E-state index is 13.5. The van der Waals surface area contributed by atoms with Crippen LogP contribution in [0.4, 0.5) is 38.1 Å². The average Bonchev–Trinajstić information content (AvgIpc) is 3.48. The van der Waals surface area contributed by atoms with Crippen LogP contribution in [0.3, 0.4) is 0 Å². The van der Waals surface area contributed by atoms with Crippen molar-refractivity contribution in [1.29, 1.82) is 0 Å². The molecule has 0 spiro atoms. The first-order valence-corrected chi connectivity index (χ1v) is 12.8. The Morgan fingerprint density at radius 3 is 2.02 bits per heavy atom. The van der Waals surface area contributed by atoms with Gasteiger partial charge in [-0.05, 0) is 61.4 Å². The minimum atomic E-state index is -4.96. The Morgan fingerprint density at radius 2 is 1.52 bits per heavy atom. The van der Waals surface area contributed by atoms with Crippen molar-refractivity contribution in [3.05, 3.63) is 58.3 Å². The lowest BCUT2D eigenvalue weighted by atomic mass is 10.0. The Kier molecular flexibility index (Phi) is 7.99. The second kappa shape index (κ2) is 11.0. The van der Waals surface area contributed by atoms with Gasteiger partial charge in [-0.3, -0.25) is 0 Å². The highest BCUT2D eigenvalue weighted by Crippen LogP contribution is 2.37. The first-order chi connectivity index (χ1) is 18.7. The van der Waals surface area contributed by atoms with Crippen molar-refractivity contribution in [2.24, 2.45) is 7.05 Å². The maximum Gasteiger partial charge on any atom is 0.416 e. The van der Waals surface area contributed by atoms with E-state index in [0.717, 1.165) is 29.7 Å². The lowest BCUT2D eigenvalue weighted by molar-refractivity contribution is -0.143. The molecule has 216 valence electrons. The van der Waals surface area contributed by atoms with Crippen LogP contribution in [0.2, 0.25) is 0 Å². The van der Waals surface area contributed by atoms with E-state index in [4.69, 9.17) is 4.98 Å². The molecular weight excluding hydrogens is 538 g/mol. The number of hydrogen-bond acceptors (Lipinski definition) is 6. The summed E-state index contributed by atoms with van der Waals surface area (Å²) in [5.74, 6) is 0.693. The standard InChI is InChI=1S/C26H30F6N8/c1-6-21-12-17-11-18(22(37(4)7-2)33-23(17)40(21)8-3)15-39(24-34-36-38(5)35-24)14-16-9-19(25(27,28)29)13-20(10-16)26(30,31)32/h9-13H,6-8,14-15H2,1-5H3. The lowest BCUT2D eigenvalue weighted by Gasteiger charge is -2.26. The van der Waals surface area contributed by atoms with Crippen molar-refractivity contribution < 1.29 is 26.3 Å². The molecular formula is C26H30F6N8. The van der Waals surface area contributed by atoms with E-state index < -0.39 is 23.5 Å². The van der Waals surface area contributed by atoms with Crippen LogP contribution in [0.1, 0.15) is 48.7 Å². The molecule has 4 aromatic rings. The highest BCUT2D eigenvalue weighted by Gasteiger charge is 2.37. The smallest absolute Gasteiger partial charge is 0.360 e. The topological polar surface area (TPSA) is 67.9 Å². The fourth-order valence-corrected chi connectivity index (χ4v) is 4.65. The second-order valence-electron chi connectivity index (χ2n) is 9.48. The summed E-state index contributed by atoms with van der Waals surface area (Å²) < 4.78 is 83.3. The van der Waals surface area contributed by atoms with E-state index in [1.54, 1.807) is 0 Å². The van der Waals surface area contributed by atoms with Crippen molar-refractivity contribution in [2.75, 3.05) is 23.4 Å². The van der Waals surface area contributed by atoms with E-state index in [9.17, 15) is 26.3 Å². The van der Waals surface area contributed by atoms with Crippen LogP contribution < -0.4 is 9.80 Å². The van der Waals surface area contributed by atoms with Gasteiger partial charge >= 0.3 is 12.4 Å². The fraction of sp³-hybridized carbons (Fsp3) is 0.462. The van der Waals surface area contributed by atoms with Crippen LogP contribution in [-0.2, 0) is 45.5 Å². The Morgan fingerprint density at radius 1 is 0.875 bits per heavy atom. The van der Waals surface area contributed by atoms with Crippen LogP contribution in [-0.4, -0.2) is 43.4 Å². The van der Waals surface area contributed by atoms with E-state index in [0.29, 0.717) is 30.1 Å². The van der Waals surface area contributed by atoms with Gasteiger partial charge in [0.05, 0.1) is 18.2 Å². The minimum Gasteiger partial charge on any atom is -0.360 e. The number of tetrazole rings is 1. The van der Waals surface area contributed by atoms with Crippen molar-refractivity contribution in [3.8, 4) is 0 Å². The van der Waals surface area contributed by atoms with E-state index in [-0.39, 0.29) is 30.7 Å². The van der Waals surface area contributed by atoms with Gasteiger partial charge in [-0.25, -0.2) is 4.98 Å². The van der Waals surface area contributed by atoms with Crippen LogP contribution in [0.15, 0.2) is 30.3 Å². The molecule has 0 fully saturated rings. The quantitative estimate of drug-likeness (QED) is 0.236. The highest BCUT2D eigenvalue weighted by molar-refractivity contribution is 5.81. The van der Waals surface area contributed by atoms with E-state index >= 15 is 0 Å². The Labute approximate surface area is 227 Å². The van der Waals surface area contributed by atoms with Crippen molar-refractivity contribution in [3.63, 3.8) is 0 Å². The summed E-state index contributed by atoms with van der Waals surface area (Å²) in [4.78, 5) is 9.54. The highest BCUT2D eigenvalue weighted by atomic mass is 19.4. The van der Waals surface area contributed by atoms with Crippen molar-refractivity contribution in [1.82, 2.24) is 29.8 Å². The number of hydrogen-bond donors (Lipinski definition) is 0. The summed E-state index contributed by atoms with van der Waals surface area (Å²) in [5.41, 5.74) is -0.347. The molecule has 0 atom stereocenters. The van der Waals surface area contributed by atoms with Gasteiger partial charge in [0.15, 0.2) is 0 Å². The summed E-state index contributed by atoms with van der Waals surface area (Å²) >= 11 is 0. The largest absolute Gasteiger partial charge is 0.416 e. The zero-order chi connectivity index (χ0) is 29.4. The molecule has 0 saturated heterocycles. The van der Waals surface area contributed by atoms with Crippen LogP contribution >= 0.6 is 0 Å². The normalized spacial score (nSPS) is 12.4. The summed E-state index contributed by atoms with van der Waals surface area (Å²) in [6.45, 7) is 7.10. The Bertz CT molecular complexity index is 1450. The second-order valence-corrected chi connectivity index (χ2v) is 9.48. The summed E-state index contributed by atoms with van der Waals surface area (Å²) in [5, 5.41) is 12.9. The third-order valence-corrected chi connectivity index (χ3v) is 6.69. The predicted molar refractivity (Wildman–Crippen MR) is 139 cm³/mol. The molecule has 0 aliphatic rings. The molecule has 0 aliphatic carbocycles. The third kappa shape index (κ3) is 5.99. The van der Waals surface area contributed by atoms with E-state index in [1.165, 1.54) is 16.7 Å². The minimum absolute atomic E-state index is 0.0547. The van der Waals surface area contributed by atoms with Gasteiger partial charge < -0.3 is 14.4 Å². The predicted octanol–water partition coefficient (Wildman–Crippen LogP) is 5.84. The summed E-state index contributed by atoms with van der Waals surface area (Å²) in [7, 11) is 3.38. The molecule has 0 unspecified atom stereocenters. The third-order valence-electron chi connectivity index (χ3n) is 6.69. The van der Waals surface area contributed by atoms with Gasteiger partial charge in [-0.2, -0.15) is 31.1 Å². The molecule has 8 nitrogen and oxygen atoms in total. The molecule has 14 heteroatoms. The molecule has 3 aromatic heterocycles. The van der Waals surface area contributed by atoms with Crippen LogP contribution in [0.5, 0.6) is 0 Å². The first-order valence-electron chi connectivity index (χ1n) is 12.8. The van der Waals surface area contributed by atoms with Gasteiger partial charge in [0.1, 0.15) is 11.5 Å². The van der Waals surface area contributed by atoms with E-state index in [1.807, 2.05) is 44.9 Å². The molecule has 40 heavy (non-hydrogen) atoms. The number of alkyl halides is 6. The number of benzene rings is 1. The maximum absolute atomic E-state index is 13.5. The monoisotopic (exact) mass is 568 g/mol. The number of rotatable bonds is 9. The Hall–Kier alpha value is -3.84. The molecule has 3 heterocycles. The molecule has 0 N–H and O–H groups in total. The molecule has 0 aliphatic heterocycles. The molecule has 1 aromatic carbocycles. The molecule has 0 saturated carbocycles. The lowest BCUT2D eigenvalue weighted by Crippen LogP contribution is -2.27.